The highest BCUT2D eigenvalue weighted by atomic mass is 35.5. The van der Waals surface area contributed by atoms with Gasteiger partial charge < -0.3 is 11.1 Å². The van der Waals surface area contributed by atoms with Crippen molar-refractivity contribution in [2.75, 3.05) is 11.1 Å². The number of halogens is 1. The average molecular weight is 239 g/mol. The van der Waals surface area contributed by atoms with Gasteiger partial charge in [0.2, 0.25) is 5.95 Å². The smallest absolute Gasteiger partial charge is 0.222 e. The minimum Gasteiger partial charge on any atom is -0.368 e. The molecule has 2 saturated carbocycles. The van der Waals surface area contributed by atoms with Crippen LogP contribution in [-0.4, -0.2) is 16.0 Å². The molecule has 0 aliphatic heterocycles. The molecule has 4 nitrogen and oxygen atoms in total. The van der Waals surface area contributed by atoms with E-state index in [9.17, 15) is 0 Å². The maximum Gasteiger partial charge on any atom is 0.222 e. The zero-order valence-corrected chi connectivity index (χ0v) is 9.74. The first-order valence-electron chi connectivity index (χ1n) is 5.78. The van der Waals surface area contributed by atoms with Gasteiger partial charge in [-0.1, -0.05) is 11.6 Å². The molecular weight excluding hydrogens is 224 g/mol. The van der Waals surface area contributed by atoms with Gasteiger partial charge in [-0.25, -0.2) is 4.98 Å². The maximum absolute atomic E-state index is 6.05. The van der Waals surface area contributed by atoms with Crippen LogP contribution in [0.4, 0.5) is 11.8 Å². The number of hydrogen-bond donors (Lipinski definition) is 2. The van der Waals surface area contributed by atoms with Crippen molar-refractivity contribution in [3.8, 4) is 0 Å². The van der Waals surface area contributed by atoms with Crippen molar-refractivity contribution < 1.29 is 0 Å². The van der Waals surface area contributed by atoms with Crippen molar-refractivity contribution in [1.82, 2.24) is 9.97 Å². The second-order valence-corrected chi connectivity index (χ2v) is 5.18. The summed E-state index contributed by atoms with van der Waals surface area (Å²) >= 11 is 6.05. The molecule has 0 atom stereocenters. The SMILES string of the molecule is Nc1ncc(Cl)c(NC(C2CC2)C2CC2)n1. The highest BCUT2D eigenvalue weighted by Gasteiger charge is 2.41. The summed E-state index contributed by atoms with van der Waals surface area (Å²) in [7, 11) is 0. The van der Waals surface area contributed by atoms with Gasteiger partial charge >= 0.3 is 0 Å². The van der Waals surface area contributed by atoms with Crippen molar-refractivity contribution in [2.45, 2.75) is 31.7 Å². The highest BCUT2D eigenvalue weighted by molar-refractivity contribution is 6.32. The predicted molar refractivity (Wildman–Crippen MR) is 64.3 cm³/mol. The summed E-state index contributed by atoms with van der Waals surface area (Å²) in [5.74, 6) is 2.58. The highest BCUT2D eigenvalue weighted by Crippen LogP contribution is 2.46. The summed E-state index contributed by atoms with van der Waals surface area (Å²) in [4.78, 5) is 8.02. The molecule has 0 spiro atoms. The van der Waals surface area contributed by atoms with E-state index in [0.29, 0.717) is 16.9 Å². The molecule has 3 N–H and O–H groups in total. The topological polar surface area (TPSA) is 63.8 Å². The molecule has 5 heteroatoms. The van der Waals surface area contributed by atoms with E-state index in [1.807, 2.05) is 0 Å². The van der Waals surface area contributed by atoms with Crippen molar-refractivity contribution in [1.29, 1.82) is 0 Å². The van der Waals surface area contributed by atoms with Crippen LogP contribution < -0.4 is 11.1 Å². The zero-order chi connectivity index (χ0) is 11.1. The molecule has 1 aromatic rings. The third-order valence-corrected chi connectivity index (χ3v) is 3.60. The fourth-order valence-electron chi connectivity index (χ4n) is 2.17. The normalized spacial score (nSPS) is 20.1. The van der Waals surface area contributed by atoms with Crippen molar-refractivity contribution in [3.05, 3.63) is 11.2 Å². The Balaban J connectivity index is 1.78. The van der Waals surface area contributed by atoms with Crippen molar-refractivity contribution in [3.63, 3.8) is 0 Å². The van der Waals surface area contributed by atoms with Crippen LogP contribution in [0.2, 0.25) is 5.02 Å². The molecule has 3 rings (SSSR count). The first-order chi connectivity index (χ1) is 7.74. The summed E-state index contributed by atoms with van der Waals surface area (Å²) in [6.07, 6.45) is 6.86. The Hall–Kier alpha value is -1.03. The number of hydrogen-bond acceptors (Lipinski definition) is 4. The second kappa shape index (κ2) is 3.77. The Bertz CT molecular complexity index is 389. The van der Waals surface area contributed by atoms with Crippen LogP contribution >= 0.6 is 11.6 Å². The summed E-state index contributed by atoms with van der Waals surface area (Å²) in [5.41, 5.74) is 5.57. The number of nitrogens with one attached hydrogen (secondary N) is 1. The van der Waals surface area contributed by atoms with E-state index in [0.717, 1.165) is 11.8 Å². The molecule has 0 bridgehead atoms. The standard InChI is InChI=1S/C11H15ClN4/c12-8-5-14-11(13)16-10(8)15-9(6-1-2-6)7-3-4-7/h5-7,9H,1-4H2,(H3,13,14,15,16). The number of nitrogens with two attached hydrogens (primary N) is 1. The molecule has 2 fully saturated rings. The lowest BCUT2D eigenvalue weighted by Gasteiger charge is -2.18. The average Bonchev–Trinajstić information content (AvgIpc) is 3.13. The number of aromatic nitrogens is 2. The molecule has 2 aliphatic carbocycles. The molecule has 1 aromatic heterocycles. The molecule has 2 aliphatic rings. The van der Waals surface area contributed by atoms with Gasteiger partial charge in [-0.3, -0.25) is 0 Å². The molecule has 1 heterocycles. The lowest BCUT2D eigenvalue weighted by Crippen LogP contribution is -2.25. The number of nitrogen functional groups attached to an aromatic ring is 1. The fourth-order valence-corrected chi connectivity index (χ4v) is 2.32. The molecule has 0 unspecified atom stereocenters. The van der Waals surface area contributed by atoms with Crippen LogP contribution in [0.5, 0.6) is 0 Å². The van der Waals surface area contributed by atoms with Crippen LogP contribution in [0.25, 0.3) is 0 Å². The Morgan fingerprint density at radius 3 is 2.50 bits per heavy atom. The van der Waals surface area contributed by atoms with Crippen LogP contribution in [0.15, 0.2) is 6.20 Å². The monoisotopic (exact) mass is 238 g/mol. The quantitative estimate of drug-likeness (QED) is 0.845. The second-order valence-electron chi connectivity index (χ2n) is 4.77. The van der Waals surface area contributed by atoms with Crippen molar-refractivity contribution in [2.24, 2.45) is 11.8 Å². The fraction of sp³-hybridized carbons (Fsp3) is 0.636. The van der Waals surface area contributed by atoms with Crippen LogP contribution in [0.3, 0.4) is 0 Å². The number of nitrogens with zero attached hydrogens (tertiary/aromatic N) is 2. The zero-order valence-electron chi connectivity index (χ0n) is 8.99. The molecule has 0 saturated heterocycles. The van der Waals surface area contributed by atoms with E-state index in [-0.39, 0.29) is 5.95 Å². The van der Waals surface area contributed by atoms with Crippen molar-refractivity contribution >= 4 is 23.4 Å². The van der Waals surface area contributed by atoms with E-state index in [4.69, 9.17) is 17.3 Å². The minimum atomic E-state index is 0.275. The van der Waals surface area contributed by atoms with E-state index in [2.05, 4.69) is 15.3 Å². The molecule has 86 valence electrons. The van der Waals surface area contributed by atoms with Crippen LogP contribution in [0, 0.1) is 11.8 Å². The Kier molecular flexibility index (Phi) is 2.39. The van der Waals surface area contributed by atoms with E-state index >= 15 is 0 Å². The van der Waals surface area contributed by atoms with Gasteiger partial charge in [0, 0.05) is 6.04 Å². The number of anilines is 2. The first kappa shape index (κ1) is 10.1. The van der Waals surface area contributed by atoms with Gasteiger partial charge in [-0.2, -0.15) is 4.98 Å². The van der Waals surface area contributed by atoms with Gasteiger partial charge in [0.1, 0.15) is 5.02 Å². The van der Waals surface area contributed by atoms with Gasteiger partial charge in [0.25, 0.3) is 0 Å². The summed E-state index contributed by atoms with van der Waals surface area (Å²) < 4.78 is 0. The Morgan fingerprint density at radius 2 is 1.94 bits per heavy atom. The lowest BCUT2D eigenvalue weighted by atomic mass is 10.1. The Labute approximate surface area is 99.6 Å². The van der Waals surface area contributed by atoms with Crippen LogP contribution in [0.1, 0.15) is 25.7 Å². The third kappa shape index (κ3) is 2.07. The van der Waals surface area contributed by atoms with Gasteiger partial charge in [0.15, 0.2) is 5.82 Å². The van der Waals surface area contributed by atoms with E-state index in [1.165, 1.54) is 25.7 Å². The molecule has 0 aromatic carbocycles. The van der Waals surface area contributed by atoms with Crippen LogP contribution in [-0.2, 0) is 0 Å². The summed E-state index contributed by atoms with van der Waals surface area (Å²) in [5, 5.41) is 4.00. The van der Waals surface area contributed by atoms with E-state index < -0.39 is 0 Å². The van der Waals surface area contributed by atoms with Gasteiger partial charge in [-0.15, -0.1) is 0 Å². The maximum atomic E-state index is 6.05. The summed E-state index contributed by atoms with van der Waals surface area (Å²) in [6, 6.07) is 0.534. The van der Waals surface area contributed by atoms with E-state index in [1.54, 1.807) is 6.20 Å². The summed E-state index contributed by atoms with van der Waals surface area (Å²) in [6.45, 7) is 0. The molecule has 16 heavy (non-hydrogen) atoms. The molecular formula is C11H15ClN4. The lowest BCUT2D eigenvalue weighted by molar-refractivity contribution is 0.565. The third-order valence-electron chi connectivity index (χ3n) is 3.33. The number of rotatable bonds is 4. The predicted octanol–water partition coefficient (Wildman–Crippen LogP) is 2.31. The molecule has 0 radical (unpaired) electrons. The van der Waals surface area contributed by atoms with Gasteiger partial charge in [-0.05, 0) is 37.5 Å². The molecule has 0 amide bonds. The first-order valence-corrected chi connectivity index (χ1v) is 6.16. The largest absolute Gasteiger partial charge is 0.368 e. The van der Waals surface area contributed by atoms with Gasteiger partial charge in [0.05, 0.1) is 6.20 Å². The Morgan fingerprint density at radius 1 is 1.31 bits per heavy atom. The minimum absolute atomic E-state index is 0.275.